The van der Waals surface area contributed by atoms with Gasteiger partial charge in [0.1, 0.15) is 0 Å². The molecule has 1 saturated heterocycles. The molecule has 1 aliphatic heterocycles. The van der Waals surface area contributed by atoms with Gasteiger partial charge < -0.3 is 4.90 Å². The lowest BCUT2D eigenvalue weighted by Crippen LogP contribution is -2.55. The lowest BCUT2D eigenvalue weighted by Gasteiger charge is -2.40. The highest BCUT2D eigenvalue weighted by molar-refractivity contribution is 5.96. The van der Waals surface area contributed by atoms with Crippen molar-refractivity contribution in [3.05, 3.63) is 34.9 Å². The maximum atomic E-state index is 12.6. The first-order valence-corrected chi connectivity index (χ1v) is 7.34. The Morgan fingerprint density at radius 2 is 1.95 bits per heavy atom. The van der Waals surface area contributed by atoms with E-state index < -0.39 is 12.7 Å². The minimum atomic E-state index is -4.20. The Morgan fingerprint density at radius 1 is 1.27 bits per heavy atom. The Morgan fingerprint density at radius 3 is 2.55 bits per heavy atom. The van der Waals surface area contributed by atoms with Crippen molar-refractivity contribution in [2.24, 2.45) is 0 Å². The molecule has 22 heavy (non-hydrogen) atoms. The van der Waals surface area contributed by atoms with Gasteiger partial charge in [0.2, 0.25) is 0 Å². The molecule has 1 aliphatic rings. The molecule has 3 nitrogen and oxygen atoms in total. The van der Waals surface area contributed by atoms with Crippen LogP contribution in [0.5, 0.6) is 0 Å². The number of rotatable bonds is 2. The topological polar surface area (TPSA) is 23.6 Å². The Kier molecular flexibility index (Phi) is 4.80. The fraction of sp³-hybridized carbons (Fsp3) is 0.562. The highest BCUT2D eigenvalue weighted by Gasteiger charge is 2.36. The molecule has 6 heteroatoms. The van der Waals surface area contributed by atoms with E-state index in [4.69, 9.17) is 0 Å². The van der Waals surface area contributed by atoms with Gasteiger partial charge in [0.15, 0.2) is 0 Å². The van der Waals surface area contributed by atoms with E-state index in [-0.39, 0.29) is 18.5 Å². The van der Waals surface area contributed by atoms with Crippen LogP contribution in [0.25, 0.3) is 0 Å². The number of amides is 1. The Balaban J connectivity index is 2.06. The number of carbonyl (C=O) groups excluding carboxylic acids is 1. The molecule has 0 aliphatic carbocycles. The van der Waals surface area contributed by atoms with Gasteiger partial charge in [-0.15, -0.1) is 0 Å². The van der Waals surface area contributed by atoms with Crippen molar-refractivity contribution in [3.8, 4) is 0 Å². The smallest absolute Gasteiger partial charge is 0.336 e. The number of benzene rings is 1. The van der Waals surface area contributed by atoms with Crippen LogP contribution in [-0.2, 0) is 0 Å². The minimum Gasteiger partial charge on any atom is -0.336 e. The summed E-state index contributed by atoms with van der Waals surface area (Å²) in [5.74, 6) is -0.0975. The second-order valence-corrected chi connectivity index (χ2v) is 6.00. The first-order valence-electron chi connectivity index (χ1n) is 7.34. The van der Waals surface area contributed by atoms with Crippen molar-refractivity contribution in [2.75, 3.05) is 26.2 Å². The summed E-state index contributed by atoms with van der Waals surface area (Å²) < 4.78 is 37.5. The summed E-state index contributed by atoms with van der Waals surface area (Å²) in [7, 11) is 0. The largest absolute Gasteiger partial charge is 0.401 e. The van der Waals surface area contributed by atoms with E-state index in [0.717, 1.165) is 11.1 Å². The molecular weight excluding hydrogens is 293 g/mol. The second kappa shape index (κ2) is 6.28. The Hall–Kier alpha value is -1.56. The van der Waals surface area contributed by atoms with Crippen LogP contribution >= 0.6 is 0 Å². The van der Waals surface area contributed by atoms with Crippen molar-refractivity contribution in [1.82, 2.24) is 9.80 Å². The summed E-state index contributed by atoms with van der Waals surface area (Å²) >= 11 is 0. The normalized spacial score (nSPS) is 20.3. The highest BCUT2D eigenvalue weighted by atomic mass is 19.4. The van der Waals surface area contributed by atoms with Crippen molar-refractivity contribution in [1.29, 1.82) is 0 Å². The van der Waals surface area contributed by atoms with Gasteiger partial charge in [-0.05, 0) is 32.4 Å². The van der Waals surface area contributed by atoms with Crippen molar-refractivity contribution >= 4 is 5.91 Å². The lowest BCUT2D eigenvalue weighted by molar-refractivity contribution is -0.153. The van der Waals surface area contributed by atoms with Crippen LogP contribution in [0.1, 0.15) is 28.4 Å². The van der Waals surface area contributed by atoms with Gasteiger partial charge in [0, 0.05) is 31.2 Å². The number of carbonyl (C=O) groups is 1. The first kappa shape index (κ1) is 16.8. The SMILES string of the molecule is Cc1ccc(C)c(C(=O)N2CCN(CC(F)(F)F)C(C)C2)c1. The number of aryl methyl sites for hydroxylation is 2. The van der Waals surface area contributed by atoms with E-state index in [2.05, 4.69) is 0 Å². The zero-order valence-electron chi connectivity index (χ0n) is 13.1. The third-order valence-electron chi connectivity index (χ3n) is 4.06. The summed E-state index contributed by atoms with van der Waals surface area (Å²) in [5.41, 5.74) is 2.52. The summed E-state index contributed by atoms with van der Waals surface area (Å²) in [6.07, 6.45) is -4.20. The van der Waals surface area contributed by atoms with E-state index in [1.165, 1.54) is 4.90 Å². The molecule has 0 aromatic heterocycles. The van der Waals surface area contributed by atoms with Crippen LogP contribution in [0.15, 0.2) is 18.2 Å². The molecule has 122 valence electrons. The predicted octanol–water partition coefficient (Wildman–Crippen LogP) is 3.01. The number of hydrogen-bond donors (Lipinski definition) is 0. The van der Waals surface area contributed by atoms with Crippen LogP contribution in [0, 0.1) is 13.8 Å². The number of nitrogens with zero attached hydrogens (tertiary/aromatic N) is 2. The molecule has 2 rings (SSSR count). The molecule has 1 unspecified atom stereocenters. The molecular formula is C16H21F3N2O. The summed E-state index contributed by atoms with van der Waals surface area (Å²) in [5, 5.41) is 0. The monoisotopic (exact) mass is 314 g/mol. The van der Waals surface area contributed by atoms with Crippen molar-refractivity contribution in [3.63, 3.8) is 0 Å². The molecule has 0 spiro atoms. The Bertz CT molecular complexity index is 557. The number of alkyl halides is 3. The summed E-state index contributed by atoms with van der Waals surface area (Å²) in [6.45, 7) is 5.50. The minimum absolute atomic E-state index is 0.0975. The second-order valence-electron chi connectivity index (χ2n) is 6.00. The van der Waals surface area contributed by atoms with Gasteiger partial charge in [-0.1, -0.05) is 17.7 Å². The van der Waals surface area contributed by atoms with E-state index in [0.29, 0.717) is 18.7 Å². The molecule has 0 saturated carbocycles. The zero-order chi connectivity index (χ0) is 16.5. The van der Waals surface area contributed by atoms with Crippen molar-refractivity contribution in [2.45, 2.75) is 33.0 Å². The van der Waals surface area contributed by atoms with Gasteiger partial charge in [0.25, 0.3) is 5.91 Å². The molecule has 1 atom stereocenters. The molecule has 1 heterocycles. The fourth-order valence-corrected chi connectivity index (χ4v) is 2.78. The highest BCUT2D eigenvalue weighted by Crippen LogP contribution is 2.21. The van der Waals surface area contributed by atoms with Crippen LogP contribution in [0.2, 0.25) is 0 Å². The van der Waals surface area contributed by atoms with E-state index in [9.17, 15) is 18.0 Å². The maximum Gasteiger partial charge on any atom is 0.401 e. The average Bonchev–Trinajstić information content (AvgIpc) is 2.41. The van der Waals surface area contributed by atoms with Crippen LogP contribution in [0.3, 0.4) is 0 Å². The van der Waals surface area contributed by atoms with Crippen LogP contribution in [0.4, 0.5) is 13.2 Å². The molecule has 0 radical (unpaired) electrons. The third kappa shape index (κ3) is 4.00. The quantitative estimate of drug-likeness (QED) is 0.838. The fourth-order valence-electron chi connectivity index (χ4n) is 2.78. The van der Waals surface area contributed by atoms with E-state index in [1.807, 2.05) is 32.0 Å². The van der Waals surface area contributed by atoms with Gasteiger partial charge in [-0.2, -0.15) is 13.2 Å². The molecule has 0 N–H and O–H groups in total. The summed E-state index contributed by atoms with van der Waals surface area (Å²) in [4.78, 5) is 15.6. The molecule has 1 aromatic rings. The molecule has 0 bridgehead atoms. The standard InChI is InChI=1S/C16H21F3N2O/c1-11-4-5-12(2)14(8-11)15(22)20-6-7-21(13(3)9-20)10-16(17,18)19/h4-5,8,13H,6-7,9-10H2,1-3H3. The number of hydrogen-bond acceptors (Lipinski definition) is 2. The van der Waals surface area contributed by atoms with E-state index >= 15 is 0 Å². The third-order valence-corrected chi connectivity index (χ3v) is 4.06. The number of piperazine rings is 1. The molecule has 1 amide bonds. The van der Waals surface area contributed by atoms with Crippen LogP contribution in [-0.4, -0.2) is 54.1 Å². The zero-order valence-corrected chi connectivity index (χ0v) is 13.1. The maximum absolute atomic E-state index is 12.6. The van der Waals surface area contributed by atoms with E-state index in [1.54, 1.807) is 11.8 Å². The lowest BCUT2D eigenvalue weighted by atomic mass is 10.0. The molecule has 1 fully saturated rings. The first-order chi connectivity index (χ1) is 10.2. The van der Waals surface area contributed by atoms with Crippen molar-refractivity contribution < 1.29 is 18.0 Å². The summed E-state index contributed by atoms with van der Waals surface area (Å²) in [6, 6.07) is 5.37. The Labute approximate surface area is 128 Å². The van der Waals surface area contributed by atoms with Gasteiger partial charge in [-0.3, -0.25) is 9.69 Å². The average molecular weight is 314 g/mol. The number of halogens is 3. The van der Waals surface area contributed by atoms with Gasteiger partial charge in [-0.25, -0.2) is 0 Å². The van der Waals surface area contributed by atoms with Gasteiger partial charge >= 0.3 is 6.18 Å². The van der Waals surface area contributed by atoms with Crippen LogP contribution < -0.4 is 0 Å². The molecule has 1 aromatic carbocycles. The van der Waals surface area contributed by atoms with Gasteiger partial charge in [0.05, 0.1) is 6.54 Å². The predicted molar refractivity (Wildman–Crippen MR) is 78.9 cm³/mol.